The van der Waals surface area contributed by atoms with Gasteiger partial charge in [-0.05, 0) is 9.13 Å². The summed E-state index contributed by atoms with van der Waals surface area (Å²) in [4.78, 5) is 0. The first-order valence-corrected chi connectivity index (χ1v) is 7.03. The van der Waals surface area contributed by atoms with Crippen LogP contribution in [0.4, 0.5) is 0 Å². The van der Waals surface area contributed by atoms with Crippen LogP contribution in [0.25, 0.3) is 0 Å². The Morgan fingerprint density at radius 3 is 1.54 bits per heavy atom. The predicted octanol–water partition coefficient (Wildman–Crippen LogP) is 1.78. The standard InChI is InChI=1S/C6H14O5P2/c1-12(7)10-5-3-9-4-6-11-13(2)8/h3-6H2,1-2H3/q+2. The molecule has 76 valence electrons. The Balaban J connectivity index is 3.00. The van der Waals surface area contributed by atoms with Crippen LogP contribution in [-0.4, -0.2) is 39.8 Å². The molecule has 0 aliphatic rings. The van der Waals surface area contributed by atoms with Gasteiger partial charge in [0, 0.05) is 0 Å². The van der Waals surface area contributed by atoms with Crippen molar-refractivity contribution in [1.29, 1.82) is 0 Å². The van der Waals surface area contributed by atoms with Gasteiger partial charge in [-0.2, -0.15) is 0 Å². The highest BCUT2D eigenvalue weighted by Crippen LogP contribution is 2.14. The second kappa shape index (κ2) is 8.67. The van der Waals surface area contributed by atoms with Crippen LogP contribution in [0.1, 0.15) is 0 Å². The summed E-state index contributed by atoms with van der Waals surface area (Å²) in [6, 6.07) is 0. The predicted molar refractivity (Wildman–Crippen MR) is 49.8 cm³/mol. The smallest absolute Gasteiger partial charge is 0.376 e. The van der Waals surface area contributed by atoms with E-state index in [-0.39, 0.29) is 0 Å². The van der Waals surface area contributed by atoms with E-state index in [1.54, 1.807) is 0 Å². The molecule has 0 heterocycles. The van der Waals surface area contributed by atoms with Crippen LogP contribution in [-0.2, 0) is 22.9 Å². The van der Waals surface area contributed by atoms with Crippen molar-refractivity contribution in [3.63, 3.8) is 0 Å². The van der Waals surface area contributed by atoms with Crippen LogP contribution in [0, 0.1) is 0 Å². The fourth-order valence-electron chi connectivity index (χ4n) is 0.552. The van der Waals surface area contributed by atoms with Gasteiger partial charge in [0.15, 0.2) is 13.3 Å². The van der Waals surface area contributed by atoms with Gasteiger partial charge in [0.25, 0.3) is 0 Å². The summed E-state index contributed by atoms with van der Waals surface area (Å²) < 4.78 is 35.4. The third-order valence-electron chi connectivity index (χ3n) is 1.00. The van der Waals surface area contributed by atoms with Crippen molar-refractivity contribution in [3.05, 3.63) is 0 Å². The Hall–Kier alpha value is 0.0800. The highest BCUT2D eigenvalue weighted by Gasteiger charge is 2.07. The van der Waals surface area contributed by atoms with Crippen molar-refractivity contribution in [2.75, 3.05) is 39.8 Å². The largest absolute Gasteiger partial charge is 0.504 e. The summed E-state index contributed by atoms with van der Waals surface area (Å²) in [6.07, 6.45) is 0. The third-order valence-corrected chi connectivity index (χ3v) is 2.09. The minimum Gasteiger partial charge on any atom is -0.376 e. The molecule has 0 amide bonds. The maximum atomic E-state index is 10.4. The monoisotopic (exact) mass is 228 g/mol. The lowest BCUT2D eigenvalue weighted by Crippen LogP contribution is -2.05. The average Bonchev–Trinajstić information content (AvgIpc) is 2.01. The Morgan fingerprint density at radius 1 is 0.846 bits per heavy atom. The third kappa shape index (κ3) is 12.1. The van der Waals surface area contributed by atoms with Gasteiger partial charge < -0.3 is 4.74 Å². The molecule has 0 aromatic carbocycles. The summed E-state index contributed by atoms with van der Waals surface area (Å²) >= 11 is 0. The van der Waals surface area contributed by atoms with Gasteiger partial charge in [-0.15, -0.1) is 9.05 Å². The van der Waals surface area contributed by atoms with Crippen molar-refractivity contribution in [1.82, 2.24) is 0 Å². The van der Waals surface area contributed by atoms with Crippen LogP contribution in [0.3, 0.4) is 0 Å². The van der Waals surface area contributed by atoms with Crippen molar-refractivity contribution in [2.24, 2.45) is 0 Å². The Bertz CT molecular complexity index is 154. The van der Waals surface area contributed by atoms with E-state index in [1.807, 2.05) is 0 Å². The summed E-state index contributed by atoms with van der Waals surface area (Å²) in [7, 11) is -3.09. The molecule has 13 heavy (non-hydrogen) atoms. The lowest BCUT2D eigenvalue weighted by molar-refractivity contribution is 0.0807. The van der Waals surface area contributed by atoms with E-state index in [0.29, 0.717) is 26.4 Å². The van der Waals surface area contributed by atoms with Crippen LogP contribution < -0.4 is 0 Å². The molecule has 0 aromatic heterocycles. The molecule has 0 N–H and O–H groups in total. The molecular formula is C6H14O5P2+2. The Morgan fingerprint density at radius 2 is 1.23 bits per heavy atom. The molecule has 0 fully saturated rings. The van der Waals surface area contributed by atoms with E-state index in [9.17, 15) is 9.13 Å². The quantitative estimate of drug-likeness (QED) is 0.468. The summed E-state index contributed by atoms with van der Waals surface area (Å²) in [5.74, 6) is 0. The molecule has 0 aromatic rings. The maximum Gasteiger partial charge on any atom is 0.504 e. The molecule has 2 unspecified atom stereocenters. The second-order valence-corrected chi connectivity index (χ2v) is 4.43. The number of rotatable bonds is 8. The molecule has 0 bridgehead atoms. The van der Waals surface area contributed by atoms with E-state index < -0.39 is 16.1 Å². The van der Waals surface area contributed by atoms with Gasteiger partial charge in [0.1, 0.15) is 13.2 Å². The first-order valence-electron chi connectivity index (χ1n) is 3.78. The fraction of sp³-hybridized carbons (Fsp3) is 1.00. The minimum atomic E-state index is -1.54. The topological polar surface area (TPSA) is 61.8 Å². The summed E-state index contributed by atoms with van der Waals surface area (Å²) in [5, 5.41) is 0. The molecule has 0 rings (SSSR count). The molecule has 7 heteroatoms. The minimum absolute atomic E-state index is 0.309. The molecular weight excluding hydrogens is 214 g/mol. The normalized spacial score (nSPS) is 12.8. The summed E-state index contributed by atoms with van der Waals surface area (Å²) in [6.45, 7) is 4.34. The van der Waals surface area contributed by atoms with Crippen molar-refractivity contribution >= 4 is 16.1 Å². The van der Waals surface area contributed by atoms with E-state index in [4.69, 9.17) is 13.8 Å². The molecule has 5 nitrogen and oxygen atoms in total. The van der Waals surface area contributed by atoms with Gasteiger partial charge in [0.05, 0.1) is 13.2 Å². The highest BCUT2D eigenvalue weighted by molar-refractivity contribution is 7.38. The molecule has 0 saturated heterocycles. The Kier molecular flexibility index (Phi) is 8.72. The van der Waals surface area contributed by atoms with E-state index in [0.717, 1.165) is 0 Å². The van der Waals surface area contributed by atoms with Crippen LogP contribution in [0.15, 0.2) is 0 Å². The van der Waals surface area contributed by atoms with Crippen molar-refractivity contribution in [3.8, 4) is 0 Å². The first kappa shape index (κ1) is 13.1. The molecule has 0 aliphatic heterocycles. The average molecular weight is 228 g/mol. The molecule has 0 aliphatic carbocycles. The molecule has 0 saturated carbocycles. The number of hydrogen-bond acceptors (Lipinski definition) is 5. The van der Waals surface area contributed by atoms with Crippen molar-refractivity contribution < 1.29 is 22.9 Å². The van der Waals surface area contributed by atoms with Crippen LogP contribution in [0.5, 0.6) is 0 Å². The lowest BCUT2D eigenvalue weighted by atomic mass is 10.7. The molecule has 0 radical (unpaired) electrons. The van der Waals surface area contributed by atoms with Gasteiger partial charge in [-0.1, -0.05) is 0 Å². The van der Waals surface area contributed by atoms with Gasteiger partial charge in [-0.25, -0.2) is 0 Å². The lowest BCUT2D eigenvalue weighted by Gasteiger charge is -1.96. The van der Waals surface area contributed by atoms with Gasteiger partial charge in [-0.3, -0.25) is 0 Å². The summed E-state index contributed by atoms with van der Waals surface area (Å²) in [5.41, 5.74) is 0. The SMILES string of the molecule is C[P+](=O)OCCOCCO[P+](C)=O. The zero-order valence-corrected chi connectivity index (χ0v) is 9.55. The van der Waals surface area contributed by atoms with Gasteiger partial charge >= 0.3 is 16.1 Å². The molecule has 0 spiro atoms. The number of hydrogen-bond donors (Lipinski definition) is 0. The zero-order chi connectivity index (χ0) is 10.1. The van der Waals surface area contributed by atoms with Gasteiger partial charge in [0.2, 0.25) is 0 Å². The zero-order valence-electron chi connectivity index (χ0n) is 7.76. The van der Waals surface area contributed by atoms with Crippen molar-refractivity contribution in [2.45, 2.75) is 0 Å². The Labute approximate surface area is 79.5 Å². The van der Waals surface area contributed by atoms with Crippen LogP contribution in [0.2, 0.25) is 0 Å². The maximum absolute atomic E-state index is 10.4. The number of ether oxygens (including phenoxy) is 1. The highest BCUT2D eigenvalue weighted by atomic mass is 31.1. The fourth-order valence-corrected chi connectivity index (χ4v) is 1.21. The van der Waals surface area contributed by atoms with E-state index in [2.05, 4.69) is 0 Å². The van der Waals surface area contributed by atoms with E-state index in [1.165, 1.54) is 13.3 Å². The second-order valence-electron chi connectivity index (χ2n) is 2.16. The first-order chi connectivity index (χ1) is 6.13. The molecule has 2 atom stereocenters. The van der Waals surface area contributed by atoms with Crippen LogP contribution >= 0.6 is 16.1 Å². The van der Waals surface area contributed by atoms with E-state index >= 15 is 0 Å².